The van der Waals surface area contributed by atoms with Crippen molar-refractivity contribution in [2.24, 2.45) is 5.73 Å². The predicted octanol–water partition coefficient (Wildman–Crippen LogP) is 2.12. The van der Waals surface area contributed by atoms with Crippen molar-refractivity contribution in [3.05, 3.63) is 27.9 Å². The molecule has 0 saturated heterocycles. The van der Waals surface area contributed by atoms with Crippen LogP contribution in [-0.2, 0) is 6.54 Å². The minimum atomic E-state index is 0.451. The Morgan fingerprint density at radius 2 is 2.24 bits per heavy atom. The van der Waals surface area contributed by atoms with Gasteiger partial charge in [0.15, 0.2) is 5.82 Å². The first kappa shape index (κ1) is 10.6. The van der Waals surface area contributed by atoms with Crippen LogP contribution in [0.2, 0.25) is 0 Å². The van der Waals surface area contributed by atoms with E-state index in [2.05, 4.69) is 20.2 Å². The third kappa shape index (κ3) is 1.99. The summed E-state index contributed by atoms with van der Waals surface area (Å²) in [6.45, 7) is 0.451. The Bertz CT molecular complexity index is 610. The molecule has 3 N–H and O–H groups in total. The molecule has 0 aromatic carbocycles. The van der Waals surface area contributed by atoms with E-state index in [-0.39, 0.29) is 0 Å². The molecule has 0 bridgehead atoms. The molecule has 0 atom stereocenters. The maximum Gasteiger partial charge on any atom is 0.200 e. The van der Waals surface area contributed by atoms with Gasteiger partial charge in [0, 0.05) is 11.9 Å². The van der Waals surface area contributed by atoms with Crippen molar-refractivity contribution >= 4 is 22.7 Å². The van der Waals surface area contributed by atoms with Gasteiger partial charge in [-0.1, -0.05) is 6.07 Å². The lowest BCUT2D eigenvalue weighted by atomic mass is 10.4. The van der Waals surface area contributed by atoms with Crippen molar-refractivity contribution < 1.29 is 0 Å². The molecule has 17 heavy (non-hydrogen) atoms. The highest BCUT2D eigenvalue weighted by Gasteiger charge is 2.11. The molecule has 0 fully saturated rings. The Hall–Kier alpha value is -1.57. The van der Waals surface area contributed by atoms with Crippen molar-refractivity contribution in [1.29, 1.82) is 0 Å². The lowest BCUT2D eigenvalue weighted by Gasteiger charge is -1.86. The Balaban J connectivity index is 1.94. The molecule has 3 rings (SSSR count). The smallest absolute Gasteiger partial charge is 0.200 e. The first-order chi connectivity index (χ1) is 8.36. The van der Waals surface area contributed by atoms with Crippen molar-refractivity contribution in [1.82, 2.24) is 20.2 Å². The van der Waals surface area contributed by atoms with E-state index in [1.165, 1.54) is 11.3 Å². The van der Waals surface area contributed by atoms with E-state index in [1.807, 2.05) is 22.9 Å². The van der Waals surface area contributed by atoms with Gasteiger partial charge in [0.25, 0.3) is 0 Å². The van der Waals surface area contributed by atoms with Gasteiger partial charge in [-0.05, 0) is 11.4 Å². The van der Waals surface area contributed by atoms with Crippen LogP contribution in [0.4, 0.5) is 0 Å². The number of aromatic amines is 1. The normalized spacial score (nSPS) is 10.9. The number of hydrogen-bond acceptors (Lipinski definition) is 6. The third-order valence-corrected chi connectivity index (χ3v) is 3.94. The predicted molar refractivity (Wildman–Crippen MR) is 68.7 cm³/mol. The van der Waals surface area contributed by atoms with Crippen molar-refractivity contribution in [2.45, 2.75) is 6.54 Å². The lowest BCUT2D eigenvalue weighted by Crippen LogP contribution is -1.94. The quantitative estimate of drug-likeness (QED) is 0.758. The molecule has 0 spiro atoms. The van der Waals surface area contributed by atoms with Crippen LogP contribution in [0.1, 0.15) is 5.01 Å². The second kappa shape index (κ2) is 4.36. The number of nitrogens with two attached hydrogens (primary N) is 1. The number of nitrogens with zero attached hydrogens (tertiary/aromatic N) is 3. The fourth-order valence-electron chi connectivity index (χ4n) is 1.41. The first-order valence-corrected chi connectivity index (χ1v) is 6.74. The van der Waals surface area contributed by atoms with Crippen LogP contribution < -0.4 is 5.73 Å². The van der Waals surface area contributed by atoms with Gasteiger partial charge in [0.1, 0.15) is 10.7 Å². The zero-order chi connectivity index (χ0) is 11.7. The summed E-state index contributed by atoms with van der Waals surface area (Å²) in [7, 11) is 0. The molecule has 7 heteroatoms. The van der Waals surface area contributed by atoms with Gasteiger partial charge in [-0.3, -0.25) is 5.10 Å². The van der Waals surface area contributed by atoms with Crippen LogP contribution in [0.3, 0.4) is 0 Å². The molecule has 3 heterocycles. The number of rotatable bonds is 3. The average Bonchev–Trinajstić information content (AvgIpc) is 3.09. The number of H-pyrrole nitrogens is 1. The zero-order valence-corrected chi connectivity index (χ0v) is 10.4. The van der Waals surface area contributed by atoms with Crippen molar-refractivity contribution in [2.75, 3.05) is 0 Å². The van der Waals surface area contributed by atoms with E-state index in [0.717, 1.165) is 21.4 Å². The monoisotopic (exact) mass is 263 g/mol. The van der Waals surface area contributed by atoms with E-state index in [4.69, 9.17) is 5.73 Å². The minimum Gasteiger partial charge on any atom is -0.325 e. The largest absolute Gasteiger partial charge is 0.325 e. The molecule has 0 amide bonds. The fraction of sp³-hybridized carbons (Fsp3) is 0.100. The van der Waals surface area contributed by atoms with Crippen LogP contribution in [0, 0.1) is 0 Å². The topological polar surface area (TPSA) is 80.5 Å². The van der Waals surface area contributed by atoms with Gasteiger partial charge in [-0.25, -0.2) is 9.97 Å². The molecule has 86 valence electrons. The molecule has 0 aliphatic carbocycles. The van der Waals surface area contributed by atoms with Gasteiger partial charge >= 0.3 is 0 Å². The van der Waals surface area contributed by atoms with Crippen molar-refractivity contribution in [3.8, 4) is 22.2 Å². The number of aromatic nitrogens is 4. The van der Waals surface area contributed by atoms with Gasteiger partial charge in [-0.15, -0.1) is 22.7 Å². The SMILES string of the molecule is NCc1nc(-c2n[nH]c(-c3cccs3)n2)cs1. The summed E-state index contributed by atoms with van der Waals surface area (Å²) < 4.78 is 0. The number of thiazole rings is 1. The number of thiophene rings is 1. The van der Waals surface area contributed by atoms with Crippen LogP contribution in [0.25, 0.3) is 22.2 Å². The zero-order valence-electron chi connectivity index (χ0n) is 8.75. The minimum absolute atomic E-state index is 0.451. The van der Waals surface area contributed by atoms with Crippen LogP contribution in [-0.4, -0.2) is 20.2 Å². The lowest BCUT2D eigenvalue weighted by molar-refractivity contribution is 1.03. The third-order valence-electron chi connectivity index (χ3n) is 2.20. The maximum absolute atomic E-state index is 5.52. The Kier molecular flexibility index (Phi) is 2.71. The summed E-state index contributed by atoms with van der Waals surface area (Å²) in [5.41, 5.74) is 6.30. The van der Waals surface area contributed by atoms with Gasteiger partial charge in [-0.2, -0.15) is 5.10 Å². The Labute approximate surface area is 105 Å². The molecule has 0 radical (unpaired) electrons. The van der Waals surface area contributed by atoms with Crippen LogP contribution in [0.15, 0.2) is 22.9 Å². The van der Waals surface area contributed by atoms with E-state index < -0.39 is 0 Å². The second-order valence-electron chi connectivity index (χ2n) is 3.32. The molecule has 3 aromatic rings. The van der Waals surface area contributed by atoms with Gasteiger partial charge in [0.2, 0.25) is 5.82 Å². The molecule has 3 aromatic heterocycles. The summed E-state index contributed by atoms with van der Waals surface area (Å²) in [5.74, 6) is 1.39. The van der Waals surface area contributed by atoms with E-state index >= 15 is 0 Å². The first-order valence-electron chi connectivity index (χ1n) is 4.98. The van der Waals surface area contributed by atoms with Crippen LogP contribution >= 0.6 is 22.7 Å². The van der Waals surface area contributed by atoms with Gasteiger partial charge in [0.05, 0.1) is 4.88 Å². The summed E-state index contributed by atoms with van der Waals surface area (Å²) in [5, 5.41) is 11.9. The average molecular weight is 263 g/mol. The summed E-state index contributed by atoms with van der Waals surface area (Å²) in [4.78, 5) is 9.83. The number of hydrogen-bond donors (Lipinski definition) is 2. The number of nitrogens with one attached hydrogen (secondary N) is 1. The fourth-order valence-corrected chi connectivity index (χ4v) is 2.72. The molecule has 5 nitrogen and oxygen atoms in total. The summed E-state index contributed by atoms with van der Waals surface area (Å²) in [6.07, 6.45) is 0. The summed E-state index contributed by atoms with van der Waals surface area (Å²) in [6, 6.07) is 3.99. The van der Waals surface area contributed by atoms with Crippen molar-refractivity contribution in [3.63, 3.8) is 0 Å². The molecular weight excluding hydrogens is 254 g/mol. The highest BCUT2D eigenvalue weighted by Crippen LogP contribution is 2.24. The van der Waals surface area contributed by atoms with E-state index in [9.17, 15) is 0 Å². The Morgan fingerprint density at radius 1 is 1.29 bits per heavy atom. The molecular formula is C10H9N5S2. The van der Waals surface area contributed by atoms with Crippen LogP contribution in [0.5, 0.6) is 0 Å². The molecule has 0 aliphatic heterocycles. The Morgan fingerprint density at radius 3 is 2.94 bits per heavy atom. The summed E-state index contributed by atoms with van der Waals surface area (Å²) >= 11 is 3.15. The van der Waals surface area contributed by atoms with Gasteiger partial charge < -0.3 is 5.73 Å². The highest BCUT2D eigenvalue weighted by molar-refractivity contribution is 7.13. The second-order valence-corrected chi connectivity index (χ2v) is 5.21. The van der Waals surface area contributed by atoms with E-state index in [0.29, 0.717) is 12.4 Å². The standard InChI is InChI=1S/C10H9N5S2/c11-4-8-12-6(5-17-8)9-13-10(15-14-9)7-2-1-3-16-7/h1-3,5H,4,11H2,(H,13,14,15). The molecule has 0 aliphatic rings. The molecule has 0 saturated carbocycles. The van der Waals surface area contributed by atoms with E-state index in [1.54, 1.807) is 11.3 Å². The highest BCUT2D eigenvalue weighted by atomic mass is 32.1. The molecule has 0 unspecified atom stereocenters. The maximum atomic E-state index is 5.52.